The molecule has 0 aromatic heterocycles. The van der Waals surface area contributed by atoms with E-state index in [9.17, 15) is 9.90 Å². The number of hydrogen-bond donors (Lipinski definition) is 1. The minimum atomic E-state index is -0.615. The molecule has 1 N–H and O–H groups in total. The van der Waals surface area contributed by atoms with E-state index in [0.29, 0.717) is 12.0 Å². The summed E-state index contributed by atoms with van der Waals surface area (Å²) in [5, 5.41) is 9.45. The number of carbonyl (C=O) groups is 1. The molecule has 2 saturated carbocycles. The molecule has 2 aromatic carbocycles. The molecule has 1 heterocycles. The molecule has 3 fully saturated rings. The second kappa shape index (κ2) is 7.51. The molecule has 2 aromatic rings. The van der Waals surface area contributed by atoms with Crippen LogP contribution in [0.3, 0.4) is 0 Å². The third-order valence-corrected chi connectivity index (χ3v) is 7.77. The maximum absolute atomic E-state index is 11.5. The van der Waals surface area contributed by atoms with Gasteiger partial charge in [-0.3, -0.25) is 4.79 Å². The van der Waals surface area contributed by atoms with Crippen molar-refractivity contribution in [2.75, 3.05) is 26.2 Å². The highest BCUT2D eigenvalue weighted by molar-refractivity contribution is 5.78. The Bertz CT molecular complexity index is 1020. The number of ether oxygens (including phenoxy) is 2. The summed E-state index contributed by atoms with van der Waals surface area (Å²) in [7, 11) is 0. The first-order valence-corrected chi connectivity index (χ1v) is 11.9. The zero-order valence-electron chi connectivity index (χ0n) is 18.5. The van der Waals surface area contributed by atoms with E-state index in [4.69, 9.17) is 9.47 Å². The number of aliphatic carboxylic acids is 1. The van der Waals surface area contributed by atoms with Crippen molar-refractivity contribution in [1.82, 2.24) is 4.90 Å². The molecule has 3 aliphatic carbocycles. The zero-order valence-corrected chi connectivity index (χ0v) is 18.5. The molecule has 1 spiro atoms. The fourth-order valence-corrected chi connectivity index (χ4v) is 5.50. The predicted octanol–water partition coefficient (Wildman–Crippen LogP) is 4.32. The minimum absolute atomic E-state index is 0.297. The maximum Gasteiger partial charge on any atom is 0.310 e. The van der Waals surface area contributed by atoms with Gasteiger partial charge in [-0.05, 0) is 85.4 Å². The van der Waals surface area contributed by atoms with Crippen molar-refractivity contribution in [1.29, 1.82) is 0 Å². The molecular formula is C27H31NO4. The number of carboxylic acids is 1. The highest BCUT2D eigenvalue weighted by Gasteiger charge is 2.55. The standard InChI is InChI=1S/C27H31NO4/c29-25(30)27(9-10-27)18-28-16-26(17-28)12-21-5-8-24(11-22(21)13-26)32-15-20-3-6-23(7-4-20)31-14-19-1-2-19/h3-8,11,19H,1-2,9-10,12-18H2,(H,29,30). The topological polar surface area (TPSA) is 59.0 Å². The quantitative estimate of drug-likeness (QED) is 0.638. The fraction of sp³-hybridized carbons (Fsp3) is 0.519. The van der Waals surface area contributed by atoms with Gasteiger partial charge in [0.1, 0.15) is 18.1 Å². The normalized spacial score (nSPS) is 22.2. The molecule has 168 valence electrons. The van der Waals surface area contributed by atoms with Gasteiger partial charge in [-0.15, -0.1) is 0 Å². The molecule has 0 bridgehead atoms. The van der Waals surface area contributed by atoms with Crippen molar-refractivity contribution in [2.45, 2.75) is 45.1 Å². The van der Waals surface area contributed by atoms with Gasteiger partial charge in [-0.2, -0.15) is 0 Å². The molecule has 6 rings (SSSR count). The Labute approximate surface area is 189 Å². The van der Waals surface area contributed by atoms with Gasteiger partial charge in [0.25, 0.3) is 0 Å². The highest BCUT2D eigenvalue weighted by atomic mass is 16.5. The minimum Gasteiger partial charge on any atom is -0.493 e. The van der Waals surface area contributed by atoms with Crippen LogP contribution in [-0.4, -0.2) is 42.2 Å². The number of benzene rings is 2. The summed E-state index contributed by atoms with van der Waals surface area (Å²) in [6, 6.07) is 14.7. The molecule has 0 radical (unpaired) electrons. The van der Waals surface area contributed by atoms with Crippen LogP contribution in [0.5, 0.6) is 11.5 Å². The lowest BCUT2D eigenvalue weighted by Gasteiger charge is -2.49. The average molecular weight is 434 g/mol. The Morgan fingerprint density at radius 3 is 2.38 bits per heavy atom. The monoisotopic (exact) mass is 433 g/mol. The Kier molecular flexibility index (Phi) is 4.72. The molecule has 0 amide bonds. The van der Waals surface area contributed by atoms with Crippen LogP contribution in [0.4, 0.5) is 0 Å². The SMILES string of the molecule is O=C(O)C1(CN2CC3(Cc4ccc(OCc5ccc(OCC6CC6)cc5)cc4C3)C2)CC1. The summed E-state index contributed by atoms with van der Waals surface area (Å²) in [4.78, 5) is 13.8. The van der Waals surface area contributed by atoms with Gasteiger partial charge < -0.3 is 19.5 Å². The third-order valence-electron chi connectivity index (χ3n) is 7.77. The number of nitrogens with zero attached hydrogens (tertiary/aromatic N) is 1. The van der Waals surface area contributed by atoms with Crippen molar-refractivity contribution in [3.8, 4) is 11.5 Å². The summed E-state index contributed by atoms with van der Waals surface area (Å²) in [5.74, 6) is 2.01. The van der Waals surface area contributed by atoms with Crippen molar-refractivity contribution in [3.05, 3.63) is 59.2 Å². The highest BCUT2D eigenvalue weighted by Crippen LogP contribution is 2.51. The van der Waals surface area contributed by atoms with Crippen LogP contribution in [0.15, 0.2) is 42.5 Å². The third kappa shape index (κ3) is 3.99. The number of rotatable bonds is 9. The predicted molar refractivity (Wildman–Crippen MR) is 121 cm³/mol. The lowest BCUT2D eigenvalue weighted by atomic mass is 9.76. The van der Waals surface area contributed by atoms with Crippen LogP contribution in [0, 0.1) is 16.7 Å². The molecule has 0 unspecified atom stereocenters. The molecule has 4 aliphatic rings. The van der Waals surface area contributed by atoms with Gasteiger partial charge in [-0.25, -0.2) is 0 Å². The van der Waals surface area contributed by atoms with Crippen LogP contribution >= 0.6 is 0 Å². The fourth-order valence-electron chi connectivity index (χ4n) is 5.50. The summed E-state index contributed by atoms with van der Waals surface area (Å²) in [6.07, 6.45) is 6.45. The molecule has 0 atom stereocenters. The smallest absolute Gasteiger partial charge is 0.310 e. The lowest BCUT2D eigenvalue weighted by molar-refractivity contribution is -0.145. The summed E-state index contributed by atoms with van der Waals surface area (Å²) < 4.78 is 11.9. The van der Waals surface area contributed by atoms with Crippen LogP contribution in [0.2, 0.25) is 0 Å². The van der Waals surface area contributed by atoms with Gasteiger partial charge in [0.15, 0.2) is 0 Å². The first-order chi connectivity index (χ1) is 15.5. The van der Waals surface area contributed by atoms with E-state index in [1.165, 1.54) is 24.0 Å². The van der Waals surface area contributed by atoms with E-state index < -0.39 is 11.4 Å². The Hall–Kier alpha value is -2.53. The van der Waals surface area contributed by atoms with Crippen molar-refractivity contribution >= 4 is 5.97 Å². The number of hydrogen-bond acceptors (Lipinski definition) is 4. The van der Waals surface area contributed by atoms with E-state index in [-0.39, 0.29) is 0 Å². The Morgan fingerprint density at radius 1 is 0.969 bits per heavy atom. The number of carboxylic acid groups (broad SMARTS) is 1. The van der Waals surface area contributed by atoms with Crippen molar-refractivity contribution in [2.24, 2.45) is 16.7 Å². The van der Waals surface area contributed by atoms with Gasteiger partial charge in [0.2, 0.25) is 0 Å². The van der Waals surface area contributed by atoms with Gasteiger partial charge in [-0.1, -0.05) is 18.2 Å². The zero-order chi connectivity index (χ0) is 21.8. The summed E-state index contributed by atoms with van der Waals surface area (Å²) in [5.41, 5.74) is 3.81. The van der Waals surface area contributed by atoms with Gasteiger partial charge in [0, 0.05) is 25.0 Å². The molecule has 1 saturated heterocycles. The first kappa shape index (κ1) is 20.1. The second-order valence-electron chi connectivity index (χ2n) is 10.7. The maximum atomic E-state index is 11.5. The lowest BCUT2D eigenvalue weighted by Crippen LogP contribution is -2.58. The van der Waals surface area contributed by atoms with Crippen LogP contribution in [0.25, 0.3) is 0 Å². The van der Waals surface area contributed by atoms with Crippen molar-refractivity contribution < 1.29 is 19.4 Å². The molecule has 5 nitrogen and oxygen atoms in total. The molecule has 1 aliphatic heterocycles. The Balaban J connectivity index is 1.01. The van der Waals surface area contributed by atoms with E-state index >= 15 is 0 Å². The summed E-state index contributed by atoms with van der Waals surface area (Å²) in [6.45, 7) is 4.14. The summed E-state index contributed by atoms with van der Waals surface area (Å²) >= 11 is 0. The molecule has 5 heteroatoms. The van der Waals surface area contributed by atoms with Gasteiger partial charge in [0.05, 0.1) is 12.0 Å². The van der Waals surface area contributed by atoms with E-state index in [1.807, 2.05) is 12.1 Å². The van der Waals surface area contributed by atoms with Crippen LogP contribution < -0.4 is 9.47 Å². The number of likely N-dealkylation sites (tertiary alicyclic amines) is 1. The molecule has 32 heavy (non-hydrogen) atoms. The van der Waals surface area contributed by atoms with Crippen LogP contribution in [-0.2, 0) is 24.2 Å². The second-order valence-corrected chi connectivity index (χ2v) is 10.7. The largest absolute Gasteiger partial charge is 0.493 e. The first-order valence-electron chi connectivity index (χ1n) is 11.9. The van der Waals surface area contributed by atoms with E-state index in [2.05, 4.69) is 35.2 Å². The van der Waals surface area contributed by atoms with E-state index in [1.54, 1.807) is 0 Å². The average Bonchev–Trinajstić information content (AvgIpc) is 3.68. The molecular weight excluding hydrogens is 402 g/mol. The Morgan fingerprint density at radius 2 is 1.69 bits per heavy atom. The van der Waals surface area contributed by atoms with Crippen LogP contribution in [0.1, 0.15) is 42.4 Å². The van der Waals surface area contributed by atoms with Gasteiger partial charge >= 0.3 is 5.97 Å². The number of fused-ring (bicyclic) bond motifs is 1. The van der Waals surface area contributed by atoms with E-state index in [0.717, 1.165) is 74.9 Å². The van der Waals surface area contributed by atoms with Crippen molar-refractivity contribution in [3.63, 3.8) is 0 Å².